The summed E-state index contributed by atoms with van der Waals surface area (Å²) >= 11 is 0. The second-order valence-electron chi connectivity index (χ2n) is 5.92. The molecule has 1 saturated heterocycles. The standard InChI is InChI=1S/C17H23N5O/c1-15-5-2-3-6-16(15)20-8-4-9-21(12-11-20)17(23)7-10-22-14-18-13-19-22/h2-3,5-6,13-14H,4,7-12H2,1H3. The van der Waals surface area contributed by atoms with E-state index in [0.717, 1.165) is 32.6 Å². The van der Waals surface area contributed by atoms with Gasteiger partial charge in [0.1, 0.15) is 12.7 Å². The summed E-state index contributed by atoms with van der Waals surface area (Å²) in [6.07, 6.45) is 4.63. The molecule has 0 aliphatic carbocycles. The molecule has 23 heavy (non-hydrogen) atoms. The molecule has 122 valence electrons. The molecule has 1 aliphatic rings. The van der Waals surface area contributed by atoms with Crippen molar-refractivity contribution < 1.29 is 4.79 Å². The zero-order valence-electron chi connectivity index (χ0n) is 13.6. The first-order chi connectivity index (χ1) is 11.2. The van der Waals surface area contributed by atoms with Crippen molar-refractivity contribution in [2.24, 2.45) is 0 Å². The monoisotopic (exact) mass is 313 g/mol. The summed E-state index contributed by atoms with van der Waals surface area (Å²) in [5.74, 6) is 0.201. The van der Waals surface area contributed by atoms with Crippen LogP contribution in [0.5, 0.6) is 0 Å². The van der Waals surface area contributed by atoms with Crippen LogP contribution in [-0.4, -0.2) is 51.8 Å². The zero-order chi connectivity index (χ0) is 16.1. The average molecular weight is 313 g/mol. The largest absolute Gasteiger partial charge is 0.369 e. The number of amides is 1. The molecular formula is C17H23N5O. The van der Waals surface area contributed by atoms with E-state index in [1.807, 2.05) is 4.90 Å². The van der Waals surface area contributed by atoms with Gasteiger partial charge in [-0.25, -0.2) is 4.98 Å². The fourth-order valence-corrected chi connectivity index (χ4v) is 3.04. The molecule has 0 atom stereocenters. The van der Waals surface area contributed by atoms with Crippen molar-refractivity contribution in [2.45, 2.75) is 26.3 Å². The summed E-state index contributed by atoms with van der Waals surface area (Å²) in [5.41, 5.74) is 2.57. The number of anilines is 1. The molecule has 2 heterocycles. The summed E-state index contributed by atoms with van der Waals surface area (Å²) in [6.45, 7) is 6.23. The number of nitrogens with zero attached hydrogens (tertiary/aromatic N) is 5. The maximum absolute atomic E-state index is 12.4. The fraction of sp³-hybridized carbons (Fsp3) is 0.471. The number of carbonyl (C=O) groups is 1. The number of aromatic nitrogens is 3. The third kappa shape index (κ3) is 3.88. The lowest BCUT2D eigenvalue weighted by molar-refractivity contribution is -0.131. The van der Waals surface area contributed by atoms with Crippen LogP contribution < -0.4 is 4.90 Å². The number of hydrogen-bond donors (Lipinski definition) is 0. The minimum Gasteiger partial charge on any atom is -0.369 e. The lowest BCUT2D eigenvalue weighted by Gasteiger charge is -2.25. The molecule has 6 nitrogen and oxygen atoms in total. The van der Waals surface area contributed by atoms with E-state index in [1.54, 1.807) is 11.0 Å². The first-order valence-corrected chi connectivity index (χ1v) is 8.15. The SMILES string of the molecule is Cc1ccccc1N1CCCN(C(=O)CCn2cncn2)CC1. The van der Waals surface area contributed by atoms with Gasteiger partial charge in [-0.3, -0.25) is 9.48 Å². The molecule has 1 aliphatic heterocycles. The van der Waals surface area contributed by atoms with Gasteiger partial charge < -0.3 is 9.80 Å². The first-order valence-electron chi connectivity index (χ1n) is 8.15. The van der Waals surface area contributed by atoms with Crippen LogP contribution in [0.25, 0.3) is 0 Å². The molecule has 3 rings (SSSR count). The van der Waals surface area contributed by atoms with Crippen molar-refractivity contribution in [1.82, 2.24) is 19.7 Å². The Bertz CT molecular complexity index is 640. The molecule has 1 fully saturated rings. The third-order valence-corrected chi connectivity index (χ3v) is 4.33. The van der Waals surface area contributed by atoms with Crippen molar-refractivity contribution in [3.8, 4) is 0 Å². The second kappa shape index (κ2) is 7.26. The van der Waals surface area contributed by atoms with E-state index < -0.39 is 0 Å². The van der Waals surface area contributed by atoms with Crippen LogP contribution in [0, 0.1) is 6.92 Å². The molecular weight excluding hydrogens is 290 g/mol. The maximum atomic E-state index is 12.4. The molecule has 0 radical (unpaired) electrons. The Kier molecular flexibility index (Phi) is 4.90. The summed E-state index contributed by atoms with van der Waals surface area (Å²) in [7, 11) is 0. The van der Waals surface area contributed by atoms with Crippen molar-refractivity contribution in [2.75, 3.05) is 31.1 Å². The second-order valence-corrected chi connectivity index (χ2v) is 5.92. The predicted octanol–water partition coefficient (Wildman–Crippen LogP) is 1.72. The van der Waals surface area contributed by atoms with Crippen molar-refractivity contribution in [1.29, 1.82) is 0 Å². The summed E-state index contributed by atoms with van der Waals surface area (Å²) < 4.78 is 1.70. The fourth-order valence-electron chi connectivity index (χ4n) is 3.04. The lowest BCUT2D eigenvalue weighted by atomic mass is 10.2. The van der Waals surface area contributed by atoms with Gasteiger partial charge in [0.2, 0.25) is 5.91 Å². The molecule has 1 aromatic carbocycles. The van der Waals surface area contributed by atoms with E-state index in [0.29, 0.717) is 13.0 Å². The van der Waals surface area contributed by atoms with Gasteiger partial charge in [-0.15, -0.1) is 0 Å². The number of hydrogen-bond acceptors (Lipinski definition) is 4. The summed E-state index contributed by atoms with van der Waals surface area (Å²) in [4.78, 5) is 20.7. The normalized spacial score (nSPS) is 15.5. The average Bonchev–Trinajstić information content (AvgIpc) is 2.96. The molecule has 1 aromatic heterocycles. The highest BCUT2D eigenvalue weighted by atomic mass is 16.2. The zero-order valence-corrected chi connectivity index (χ0v) is 13.6. The van der Waals surface area contributed by atoms with Crippen LogP contribution in [0.2, 0.25) is 0 Å². The van der Waals surface area contributed by atoms with Crippen LogP contribution >= 0.6 is 0 Å². The Labute approximate surface area is 136 Å². The molecule has 1 amide bonds. The predicted molar refractivity (Wildman–Crippen MR) is 89.2 cm³/mol. The maximum Gasteiger partial charge on any atom is 0.224 e. The number of rotatable bonds is 4. The molecule has 0 unspecified atom stereocenters. The highest BCUT2D eigenvalue weighted by molar-refractivity contribution is 5.76. The van der Waals surface area contributed by atoms with Crippen LogP contribution in [0.15, 0.2) is 36.9 Å². The Morgan fingerprint density at radius 1 is 1.17 bits per heavy atom. The van der Waals surface area contributed by atoms with Crippen LogP contribution in [0.4, 0.5) is 5.69 Å². The van der Waals surface area contributed by atoms with Crippen molar-refractivity contribution in [3.05, 3.63) is 42.5 Å². The van der Waals surface area contributed by atoms with Gasteiger partial charge >= 0.3 is 0 Å². The highest BCUT2D eigenvalue weighted by Gasteiger charge is 2.19. The molecule has 0 bridgehead atoms. The third-order valence-electron chi connectivity index (χ3n) is 4.33. The topological polar surface area (TPSA) is 54.3 Å². The summed E-state index contributed by atoms with van der Waals surface area (Å²) in [5, 5.41) is 4.04. The molecule has 0 N–H and O–H groups in total. The quantitative estimate of drug-likeness (QED) is 0.862. The Hall–Kier alpha value is -2.37. The van der Waals surface area contributed by atoms with E-state index in [4.69, 9.17) is 0 Å². The Morgan fingerprint density at radius 3 is 2.83 bits per heavy atom. The van der Waals surface area contributed by atoms with Crippen LogP contribution in [0.1, 0.15) is 18.4 Å². The summed E-state index contributed by atoms with van der Waals surface area (Å²) in [6, 6.07) is 8.45. The first kappa shape index (κ1) is 15.5. The van der Waals surface area contributed by atoms with Gasteiger partial charge in [0.25, 0.3) is 0 Å². The van der Waals surface area contributed by atoms with Gasteiger partial charge in [-0.05, 0) is 25.0 Å². The van der Waals surface area contributed by atoms with E-state index in [-0.39, 0.29) is 5.91 Å². The highest BCUT2D eigenvalue weighted by Crippen LogP contribution is 2.21. The Balaban J connectivity index is 1.55. The Morgan fingerprint density at radius 2 is 2.04 bits per heavy atom. The van der Waals surface area contributed by atoms with Gasteiger partial charge in [-0.2, -0.15) is 5.10 Å². The molecule has 0 saturated carbocycles. The van der Waals surface area contributed by atoms with Crippen molar-refractivity contribution >= 4 is 11.6 Å². The minimum atomic E-state index is 0.201. The minimum absolute atomic E-state index is 0.201. The van der Waals surface area contributed by atoms with E-state index in [2.05, 4.69) is 46.2 Å². The lowest BCUT2D eigenvalue weighted by Crippen LogP contribution is -2.35. The number of carbonyl (C=O) groups excluding carboxylic acids is 1. The van der Waals surface area contributed by atoms with Gasteiger partial charge in [-0.1, -0.05) is 18.2 Å². The molecule has 0 spiro atoms. The van der Waals surface area contributed by atoms with E-state index in [9.17, 15) is 4.79 Å². The van der Waals surface area contributed by atoms with E-state index >= 15 is 0 Å². The molecule has 6 heteroatoms. The van der Waals surface area contributed by atoms with E-state index in [1.165, 1.54) is 17.6 Å². The van der Waals surface area contributed by atoms with Gasteiger partial charge in [0.05, 0.1) is 6.54 Å². The van der Waals surface area contributed by atoms with Gasteiger partial charge in [0, 0.05) is 38.3 Å². The number of benzene rings is 1. The van der Waals surface area contributed by atoms with Gasteiger partial charge in [0.15, 0.2) is 0 Å². The van der Waals surface area contributed by atoms with Crippen LogP contribution in [0.3, 0.4) is 0 Å². The molecule has 2 aromatic rings. The number of para-hydroxylation sites is 1. The number of aryl methyl sites for hydroxylation is 2. The van der Waals surface area contributed by atoms with Crippen molar-refractivity contribution in [3.63, 3.8) is 0 Å². The smallest absolute Gasteiger partial charge is 0.224 e. The van der Waals surface area contributed by atoms with Crippen LogP contribution in [-0.2, 0) is 11.3 Å².